The van der Waals surface area contributed by atoms with Gasteiger partial charge in [0.1, 0.15) is 54.2 Å². The third-order valence-electron chi connectivity index (χ3n) is 17.6. The number of fused-ring (bicyclic) bond motifs is 2. The van der Waals surface area contributed by atoms with E-state index in [1.54, 1.807) is 79.4 Å². The van der Waals surface area contributed by atoms with Crippen LogP contribution in [-0.4, -0.2) is 177 Å². The van der Waals surface area contributed by atoms with Crippen molar-refractivity contribution < 1.29 is 71.9 Å². The molecule has 2 bridgehead atoms. The van der Waals surface area contributed by atoms with Crippen LogP contribution >= 0.6 is 0 Å². The Morgan fingerprint density at radius 1 is 0.812 bits per heavy atom. The number of ether oxygens (including phenoxy) is 6. The highest BCUT2D eigenvalue weighted by molar-refractivity contribution is 5.94. The SMILES string of the molecule is C=C/C=C\[C@H](OC)[C@H](C)[C@@H](OC)[C@@H](C)C(=O)N[C@H](C(=O)N[C@@H](Cc1cccc(C)c1)C(=O)N1CCC[C@@H](C(=O)O[C@H](C)CC=C)N1)C(C)C.CO[C@@H]1[C@@H](C)[C@@H](OC)/C=C/C=C/C[C@@H](C)OC(=O)[C@@H]2CCCN(N2)C(=O)[C@H](Cc2cccc(O)c2)NC(=O)[C@H](C(C)C)NC(=O)[C@@H]1C. The summed E-state index contributed by atoms with van der Waals surface area (Å²) in [4.78, 5) is 109. The second-order valence-corrected chi connectivity index (χ2v) is 26.1. The van der Waals surface area contributed by atoms with E-state index in [-0.39, 0.29) is 78.3 Å². The van der Waals surface area contributed by atoms with Crippen molar-refractivity contribution in [1.29, 1.82) is 0 Å². The van der Waals surface area contributed by atoms with Gasteiger partial charge in [0.05, 0.1) is 36.3 Å². The van der Waals surface area contributed by atoms with Gasteiger partial charge in [0.25, 0.3) is 11.8 Å². The number of cyclic esters (lactones) is 1. The van der Waals surface area contributed by atoms with E-state index in [1.165, 1.54) is 29.3 Å². The summed E-state index contributed by atoms with van der Waals surface area (Å²) in [6.07, 6.45) is 15.4. The number of aromatic hydroxyl groups is 1. The quantitative estimate of drug-likeness (QED) is 0.0316. The molecule has 0 spiro atoms. The third-order valence-corrected chi connectivity index (χ3v) is 17.6. The number of methoxy groups -OCH3 is 4. The standard InChI is InChI=1S/C38H58N4O7.C35H52N4O8/c1-11-13-20-32(47-9)27(7)34(48-10)28(8)35(43)40-33(24(3)4)36(44)39-31(23-29-18-14-17-25(5)22-29)37(45)42-21-15-19-30(41-42)38(46)49-26(6)16-12-2;1-21(2)30-33(42)36-28(20-25-14-11-15-26(40)19-25)34(43)39-18-12-16-27(38-39)35(44)47-22(3)13-9-8-10-17-29(45-6)23(4)31(46-7)24(5)32(41)37-30/h11-14,17-18,20,22,24,26-28,30-34,41H,1-2,15-16,19,21,23H2,3-10H3,(H,39,44)(H,40,43);8-11,14-15,17,19,21-24,27-31,38,40H,12-13,16,18,20H2,1-7H3,(H,36,42)(H,37,41)/b20-13-;9-8+,17-10+/t26-,27+,28-,30+,31+,32+,33+,34-;22-,23+,24-,27+,28+,29+,30+,31-/m11/s1. The molecule has 0 saturated carbocycles. The van der Waals surface area contributed by atoms with E-state index in [1.807, 2.05) is 103 Å². The zero-order chi connectivity index (χ0) is 71.3. The lowest BCUT2D eigenvalue weighted by molar-refractivity contribution is -0.157. The van der Waals surface area contributed by atoms with Crippen molar-refractivity contribution in [2.45, 2.75) is 200 Å². The number of aryl methyl sites for hydroxylation is 1. The van der Waals surface area contributed by atoms with Gasteiger partial charge in [-0.25, -0.2) is 10.9 Å². The van der Waals surface area contributed by atoms with Gasteiger partial charge in [-0.2, -0.15) is 0 Å². The highest BCUT2D eigenvalue weighted by Gasteiger charge is 2.41. The molecule has 0 unspecified atom stereocenters. The monoisotopic (exact) mass is 1340 g/mol. The van der Waals surface area contributed by atoms with Crippen LogP contribution in [0.1, 0.15) is 124 Å². The van der Waals surface area contributed by atoms with Gasteiger partial charge in [-0.15, -0.1) is 6.58 Å². The highest BCUT2D eigenvalue weighted by Crippen LogP contribution is 2.26. The third kappa shape index (κ3) is 24.8. The van der Waals surface area contributed by atoms with E-state index in [9.17, 15) is 43.5 Å². The molecule has 6 amide bonds. The molecular weight excluding hydrogens is 1230 g/mol. The van der Waals surface area contributed by atoms with E-state index in [0.29, 0.717) is 57.2 Å². The smallest absolute Gasteiger partial charge is 0.325 e. The van der Waals surface area contributed by atoms with Crippen LogP contribution in [0.5, 0.6) is 5.75 Å². The molecule has 532 valence electrons. The molecule has 23 nitrogen and oxygen atoms in total. The summed E-state index contributed by atoms with van der Waals surface area (Å²) in [5, 5.41) is 24.4. The minimum absolute atomic E-state index is 0.0250. The molecule has 7 N–H and O–H groups in total. The van der Waals surface area contributed by atoms with E-state index in [4.69, 9.17) is 28.4 Å². The molecule has 0 aromatic heterocycles. The van der Waals surface area contributed by atoms with Crippen LogP contribution in [0.4, 0.5) is 0 Å². The summed E-state index contributed by atoms with van der Waals surface area (Å²) in [6.45, 7) is 28.3. The number of allylic oxidation sites excluding steroid dienone is 4. The number of phenols is 1. The highest BCUT2D eigenvalue weighted by atomic mass is 16.6. The topological polar surface area (TPSA) is 291 Å². The predicted octanol–water partition coefficient (Wildman–Crippen LogP) is 7.02. The van der Waals surface area contributed by atoms with Crippen LogP contribution < -0.4 is 32.1 Å². The first-order chi connectivity index (χ1) is 45.6. The first-order valence-corrected chi connectivity index (χ1v) is 33.6. The summed E-state index contributed by atoms with van der Waals surface area (Å²) >= 11 is 0. The van der Waals surface area contributed by atoms with Crippen LogP contribution in [-0.2, 0) is 79.6 Å². The van der Waals surface area contributed by atoms with Crippen molar-refractivity contribution in [3.05, 3.63) is 127 Å². The van der Waals surface area contributed by atoms with Crippen molar-refractivity contribution >= 4 is 47.4 Å². The largest absolute Gasteiger partial charge is 0.508 e. The lowest BCUT2D eigenvalue weighted by atomic mass is 9.87. The minimum Gasteiger partial charge on any atom is -0.508 e. The molecule has 0 aliphatic carbocycles. The Kier molecular flexibility index (Phi) is 34.4. The van der Waals surface area contributed by atoms with Gasteiger partial charge in [0, 0.05) is 79.0 Å². The zero-order valence-electron chi connectivity index (χ0n) is 59.2. The number of phenolic OH excluding ortho intramolecular Hbond substituents is 1. The van der Waals surface area contributed by atoms with Gasteiger partial charge in [-0.1, -0.05) is 153 Å². The van der Waals surface area contributed by atoms with E-state index in [0.717, 1.165) is 11.1 Å². The molecule has 3 aliphatic rings. The lowest BCUT2D eigenvalue weighted by Crippen LogP contribution is -2.62. The first kappa shape index (κ1) is 80.9. The Morgan fingerprint density at radius 2 is 1.51 bits per heavy atom. The van der Waals surface area contributed by atoms with Gasteiger partial charge in [0.15, 0.2) is 0 Å². The number of rotatable bonds is 24. The summed E-state index contributed by atoms with van der Waals surface area (Å²) in [5.41, 5.74) is 8.54. The van der Waals surface area contributed by atoms with Gasteiger partial charge < -0.3 is 54.8 Å². The summed E-state index contributed by atoms with van der Waals surface area (Å²) in [5.74, 6) is -5.79. The number of esters is 2. The van der Waals surface area contributed by atoms with E-state index < -0.39 is 96.1 Å². The summed E-state index contributed by atoms with van der Waals surface area (Å²) in [6, 6.07) is 8.79. The van der Waals surface area contributed by atoms with Crippen molar-refractivity contribution in [3.8, 4) is 5.75 Å². The average molecular weight is 1340 g/mol. The number of benzene rings is 2. The Labute approximate surface area is 569 Å². The molecule has 2 aromatic carbocycles. The van der Waals surface area contributed by atoms with Crippen molar-refractivity contribution in [2.24, 2.45) is 35.5 Å². The number of hydrogen-bond acceptors (Lipinski definition) is 17. The average Bonchev–Trinajstić information content (AvgIpc) is 0.897. The molecule has 23 heteroatoms. The molecule has 3 aliphatic heterocycles. The second kappa shape index (κ2) is 40.9. The van der Waals surface area contributed by atoms with Gasteiger partial charge in [-0.3, -0.25) is 48.4 Å². The maximum atomic E-state index is 14.1. The second-order valence-electron chi connectivity index (χ2n) is 26.1. The number of carbonyl (C=O) groups excluding carboxylic acids is 8. The molecule has 96 heavy (non-hydrogen) atoms. The van der Waals surface area contributed by atoms with Gasteiger partial charge in [-0.05, 0) is 81.5 Å². The van der Waals surface area contributed by atoms with Crippen LogP contribution in [0.3, 0.4) is 0 Å². The first-order valence-electron chi connectivity index (χ1n) is 33.6. The Balaban J connectivity index is 0.000000409. The fourth-order valence-electron chi connectivity index (χ4n) is 12.1. The van der Waals surface area contributed by atoms with E-state index >= 15 is 0 Å². The lowest BCUT2D eigenvalue weighted by Gasteiger charge is -2.36. The van der Waals surface area contributed by atoms with Crippen LogP contribution in [0.15, 0.2) is 110 Å². The fourth-order valence-corrected chi connectivity index (χ4v) is 12.1. The van der Waals surface area contributed by atoms with Crippen molar-refractivity contribution in [1.82, 2.24) is 42.1 Å². The van der Waals surface area contributed by atoms with Gasteiger partial charge in [0.2, 0.25) is 23.6 Å². The molecule has 3 heterocycles. The number of carbonyl (C=O) groups is 8. The number of amides is 6. The van der Waals surface area contributed by atoms with Gasteiger partial charge >= 0.3 is 11.9 Å². The molecule has 2 aromatic rings. The maximum Gasteiger partial charge on any atom is 0.325 e. The Bertz CT molecular complexity index is 2970. The molecule has 2 fully saturated rings. The van der Waals surface area contributed by atoms with Crippen LogP contribution in [0.25, 0.3) is 0 Å². The normalized spacial score (nSPS) is 25.4. The molecule has 2 saturated heterocycles. The molecule has 5 rings (SSSR count). The van der Waals surface area contributed by atoms with Crippen LogP contribution in [0, 0.1) is 42.4 Å². The van der Waals surface area contributed by atoms with Crippen molar-refractivity contribution in [2.75, 3.05) is 41.5 Å². The number of nitrogens with one attached hydrogen (secondary N) is 6. The predicted molar refractivity (Wildman–Crippen MR) is 368 cm³/mol. The Morgan fingerprint density at radius 3 is 2.14 bits per heavy atom. The maximum absolute atomic E-state index is 14.1. The van der Waals surface area contributed by atoms with Crippen LogP contribution in [0.2, 0.25) is 0 Å². The molecular formula is C73H110N8O15. The minimum atomic E-state index is -1.06. The van der Waals surface area contributed by atoms with Crippen molar-refractivity contribution in [3.63, 3.8) is 0 Å². The van der Waals surface area contributed by atoms with E-state index in [2.05, 4.69) is 45.3 Å². The molecule has 16 atom stereocenters. The Hall–Kier alpha value is -7.54. The fraction of sp³-hybridized carbons (Fsp3) is 0.589. The number of hydrogen-bond donors (Lipinski definition) is 7. The number of nitrogens with zero attached hydrogens (tertiary/aromatic N) is 2. The molecule has 0 radical (unpaired) electrons. The zero-order valence-corrected chi connectivity index (χ0v) is 59.2. The summed E-state index contributed by atoms with van der Waals surface area (Å²) in [7, 11) is 6.27. The summed E-state index contributed by atoms with van der Waals surface area (Å²) < 4.78 is 34.1. The number of hydrazine groups is 2.